The summed E-state index contributed by atoms with van der Waals surface area (Å²) in [6.07, 6.45) is -0.240. The van der Waals surface area contributed by atoms with Gasteiger partial charge in [-0.1, -0.05) is 111 Å². The average Bonchev–Trinajstić information content (AvgIpc) is 3.68. The van der Waals surface area contributed by atoms with E-state index in [9.17, 15) is 67.7 Å². The number of aliphatic hydroxyl groups is 2. The number of nitrogens with two attached hydrogens (primary N) is 2. The van der Waals surface area contributed by atoms with Gasteiger partial charge in [0.1, 0.15) is 66.5 Å². The lowest BCUT2D eigenvalue weighted by Gasteiger charge is -2.31. The minimum absolute atomic E-state index is 0.107. The Kier molecular flexibility index (Phi) is 32.3. The molecule has 2 rings (SSSR count). The molecule has 1 aromatic rings. The third kappa shape index (κ3) is 23.2. The number of primary amides is 1. The molecular weight excluding hydrogens is 1110 g/mol. The van der Waals surface area contributed by atoms with Gasteiger partial charge in [-0.15, -0.1) is 0 Å². The zero-order chi connectivity index (χ0) is 64.2. The first-order chi connectivity index (χ1) is 40.2. The Hall–Kier alpha value is -7.30. The van der Waals surface area contributed by atoms with Crippen molar-refractivity contribution in [3.63, 3.8) is 0 Å². The average molecular weight is 1200 g/mol. The summed E-state index contributed by atoms with van der Waals surface area (Å²) in [4.78, 5) is 165. The van der Waals surface area contributed by atoms with Crippen LogP contribution in [-0.4, -0.2) is 181 Å². The zero-order valence-corrected chi connectivity index (χ0v) is 51.0. The summed E-state index contributed by atoms with van der Waals surface area (Å²) in [6, 6.07) is -6.13. The Morgan fingerprint density at radius 2 is 1.07 bits per heavy atom. The number of carbonyl (C=O) groups excluding carboxylic acids is 12. The van der Waals surface area contributed by atoms with Crippen LogP contribution in [0.25, 0.3) is 0 Å². The molecule has 17 N–H and O–H groups in total. The van der Waals surface area contributed by atoms with Gasteiger partial charge in [-0.25, -0.2) is 4.79 Å². The number of ether oxygens (including phenoxy) is 1. The largest absolute Gasteiger partial charge is 0.458 e. The molecule has 1 aromatic carbocycles. The molecule has 478 valence electrons. The maximum Gasteiger partial charge on any atom is 0.329 e. The number of hydrogen-bond acceptors (Lipinski definition) is 17. The standard InChI is InChI=1S/C57H95N13O15/c1-12-29(5)42(67-50(77)38(60-11)26-35-20-17-16-18-21-35)53(80)64-39(27-71)51(78)63-37(23-24-41(59)73)49(76)66-44(31(7)14-3)55(82)68-43(30(6)13-2)54(81)65-40(28-72)52(79)70-46-34(10)85-57(84)45(32(8)15-4)69-48(75)36(22-19-25-58)62-47(74)33(9)61-56(46)83/h16-18,20-21,29-34,36-40,42-46,60,71-72H,12-15,19,22-28,58H2,1-11H3,(H2,59,73)(H,61,83)(H,62,74)(H,63,78)(H,64,80)(H,65,81)(H,66,76)(H,67,77)(H,68,82)(H,69,75)(H,70,79)/t29-,30-,31+,32-,33-,34-,36-,37+,38+,39-,40-,42+,43-,44+,45-,46+/m0/s1. The van der Waals surface area contributed by atoms with Crippen LogP contribution >= 0.6 is 0 Å². The molecular formula is C57H95N13O15. The van der Waals surface area contributed by atoms with Crippen LogP contribution in [0.3, 0.4) is 0 Å². The highest BCUT2D eigenvalue weighted by molar-refractivity contribution is 5.99. The number of nitrogens with one attached hydrogen (secondary N) is 11. The number of aliphatic hydroxyl groups excluding tert-OH is 2. The Morgan fingerprint density at radius 1 is 0.600 bits per heavy atom. The molecule has 0 spiro atoms. The second-order valence-corrected chi connectivity index (χ2v) is 21.9. The van der Waals surface area contributed by atoms with Crippen molar-refractivity contribution in [2.45, 2.75) is 200 Å². The van der Waals surface area contributed by atoms with Gasteiger partial charge in [0.2, 0.25) is 65.0 Å². The minimum atomic E-state index is -1.81. The van der Waals surface area contributed by atoms with E-state index in [4.69, 9.17) is 16.2 Å². The Balaban J connectivity index is 2.40. The highest BCUT2D eigenvalue weighted by atomic mass is 16.5. The van der Waals surface area contributed by atoms with Gasteiger partial charge in [-0.05, 0) is 82.4 Å². The number of esters is 1. The summed E-state index contributed by atoms with van der Waals surface area (Å²) >= 11 is 0. The molecule has 1 saturated heterocycles. The summed E-state index contributed by atoms with van der Waals surface area (Å²) in [6.45, 7) is 14.4. The molecule has 0 radical (unpaired) electrons. The number of cyclic esters (lactones) is 1. The van der Waals surface area contributed by atoms with Crippen molar-refractivity contribution in [2.24, 2.45) is 35.1 Å². The molecule has 1 aliphatic rings. The van der Waals surface area contributed by atoms with Crippen LogP contribution in [0.2, 0.25) is 0 Å². The Labute approximate surface area is 497 Å². The first-order valence-corrected chi connectivity index (χ1v) is 29.3. The molecule has 1 heterocycles. The van der Waals surface area contributed by atoms with Crippen molar-refractivity contribution < 1.29 is 72.5 Å². The predicted octanol–water partition coefficient (Wildman–Crippen LogP) is -3.20. The fourth-order valence-electron chi connectivity index (χ4n) is 8.92. The molecule has 16 atom stereocenters. The van der Waals surface area contributed by atoms with Gasteiger partial charge >= 0.3 is 5.97 Å². The molecule has 0 saturated carbocycles. The summed E-state index contributed by atoms with van der Waals surface area (Å²) in [5, 5.41) is 49.2. The van der Waals surface area contributed by atoms with Crippen molar-refractivity contribution >= 4 is 70.9 Å². The Morgan fingerprint density at radius 3 is 1.54 bits per heavy atom. The van der Waals surface area contributed by atoms with E-state index in [1.54, 1.807) is 62.4 Å². The molecule has 1 aliphatic heterocycles. The number of amides is 11. The smallest absolute Gasteiger partial charge is 0.329 e. The van der Waals surface area contributed by atoms with Crippen molar-refractivity contribution in [2.75, 3.05) is 26.8 Å². The van der Waals surface area contributed by atoms with E-state index < -0.39 is 193 Å². The molecule has 0 aromatic heterocycles. The third-order valence-corrected chi connectivity index (χ3v) is 15.5. The molecule has 0 aliphatic carbocycles. The van der Waals surface area contributed by atoms with Crippen LogP contribution in [0.1, 0.15) is 126 Å². The van der Waals surface area contributed by atoms with Gasteiger partial charge < -0.3 is 84.9 Å². The maximum absolute atomic E-state index is 14.4. The summed E-state index contributed by atoms with van der Waals surface area (Å²) in [5.74, 6) is -13.0. The van der Waals surface area contributed by atoms with Crippen LogP contribution in [-0.2, 0) is 68.7 Å². The van der Waals surface area contributed by atoms with Crippen molar-refractivity contribution in [3.8, 4) is 0 Å². The van der Waals surface area contributed by atoms with Gasteiger partial charge in [-0.3, -0.25) is 52.7 Å². The van der Waals surface area contributed by atoms with E-state index in [1.165, 1.54) is 13.8 Å². The van der Waals surface area contributed by atoms with Crippen molar-refractivity contribution in [3.05, 3.63) is 35.9 Å². The lowest BCUT2D eigenvalue weighted by Crippen LogP contribution is -2.63. The highest BCUT2D eigenvalue weighted by Gasteiger charge is 2.41. The summed E-state index contributed by atoms with van der Waals surface area (Å²) < 4.78 is 5.69. The minimum Gasteiger partial charge on any atom is -0.458 e. The topological polar surface area (TPSA) is 439 Å². The van der Waals surface area contributed by atoms with Gasteiger partial charge in [0.15, 0.2) is 0 Å². The molecule has 0 unspecified atom stereocenters. The molecule has 0 bridgehead atoms. The maximum atomic E-state index is 14.4. The number of likely N-dealkylation sites (N-methyl/N-ethyl adjacent to an activating group) is 1. The number of rotatable bonds is 33. The predicted molar refractivity (Wildman–Crippen MR) is 312 cm³/mol. The summed E-state index contributed by atoms with van der Waals surface area (Å²) in [5.41, 5.74) is 12.0. The van der Waals surface area contributed by atoms with Crippen LogP contribution in [0.4, 0.5) is 0 Å². The van der Waals surface area contributed by atoms with E-state index in [0.717, 1.165) is 5.56 Å². The first kappa shape index (κ1) is 73.8. The van der Waals surface area contributed by atoms with Gasteiger partial charge in [0.25, 0.3) is 0 Å². The molecule has 11 amide bonds. The van der Waals surface area contributed by atoms with E-state index in [2.05, 4.69) is 58.5 Å². The van der Waals surface area contributed by atoms with Crippen LogP contribution in [0, 0.1) is 23.7 Å². The van der Waals surface area contributed by atoms with E-state index in [0.29, 0.717) is 25.7 Å². The van der Waals surface area contributed by atoms with Crippen molar-refractivity contribution in [1.29, 1.82) is 0 Å². The molecule has 28 heteroatoms. The number of benzene rings is 1. The second kappa shape index (κ2) is 37.2. The lowest BCUT2D eigenvalue weighted by molar-refractivity contribution is -0.157. The summed E-state index contributed by atoms with van der Waals surface area (Å²) in [7, 11) is 1.60. The van der Waals surface area contributed by atoms with Crippen LogP contribution in [0.15, 0.2) is 30.3 Å². The van der Waals surface area contributed by atoms with E-state index >= 15 is 0 Å². The molecule has 28 nitrogen and oxygen atoms in total. The van der Waals surface area contributed by atoms with Crippen LogP contribution < -0.4 is 70.0 Å². The van der Waals surface area contributed by atoms with E-state index in [-0.39, 0.29) is 25.8 Å². The van der Waals surface area contributed by atoms with E-state index in [1.807, 2.05) is 30.3 Å². The number of carbonyl (C=O) groups is 12. The quantitative estimate of drug-likeness (QED) is 0.0308. The normalized spacial score (nSPS) is 21.5. The fourth-order valence-corrected chi connectivity index (χ4v) is 8.92. The highest BCUT2D eigenvalue weighted by Crippen LogP contribution is 2.17. The van der Waals surface area contributed by atoms with Crippen molar-refractivity contribution in [1.82, 2.24) is 58.5 Å². The third-order valence-electron chi connectivity index (χ3n) is 15.5. The second-order valence-electron chi connectivity index (χ2n) is 21.9. The van der Waals surface area contributed by atoms with Gasteiger partial charge in [0, 0.05) is 6.42 Å². The van der Waals surface area contributed by atoms with Crippen LogP contribution in [0.5, 0.6) is 0 Å². The monoisotopic (exact) mass is 1200 g/mol. The fraction of sp³-hybridized carbons (Fsp3) is 0.684. The molecule has 85 heavy (non-hydrogen) atoms. The Bertz CT molecular complexity index is 2420. The number of hydrogen-bond donors (Lipinski definition) is 15. The molecule has 1 fully saturated rings. The van der Waals surface area contributed by atoms with Gasteiger partial charge in [-0.2, -0.15) is 0 Å². The zero-order valence-electron chi connectivity index (χ0n) is 51.0. The SMILES string of the molecule is CC[C@@H](C)[C@@H](NC(=O)[C@@H](CCC(N)=O)NC(=O)[C@H](CO)NC(=O)[C@H](NC(=O)[C@@H](Cc1ccccc1)NC)[C@@H](C)CC)C(=O)N[C@H](C(=O)N[C@@H](CO)C(=O)N[C@H]1C(=O)N[C@@H](C)C(=O)N[C@@H](CCCN)C(=O)N[C@@H]([C@@H](C)CC)C(=O)O[C@H]1C)[C@@H](C)CC. The first-order valence-electron chi connectivity index (χ1n) is 29.3. The lowest BCUT2D eigenvalue weighted by atomic mass is 9.94. The van der Waals surface area contributed by atoms with Gasteiger partial charge in [0.05, 0.1) is 19.3 Å².